The van der Waals surface area contributed by atoms with Gasteiger partial charge in [0.2, 0.25) is 0 Å². The van der Waals surface area contributed by atoms with Crippen molar-refractivity contribution in [3.05, 3.63) is 47.8 Å². The molecule has 3 nitrogen and oxygen atoms in total. The summed E-state index contributed by atoms with van der Waals surface area (Å²) >= 11 is 5.54. The maximum Gasteiger partial charge on any atom is 0.253 e. The van der Waals surface area contributed by atoms with Crippen molar-refractivity contribution in [2.75, 3.05) is 0 Å². The standard InChI is InChI=1S/C14H13ClN2O/c1-2-5-10-8-16-14(17-9-10)12-7-4-3-6-11(12)13(15)18/h3-4,6-9H,2,5H2,1H3. The quantitative estimate of drug-likeness (QED) is 0.791. The number of carbonyl (C=O) groups excluding carboxylic acids is 1. The summed E-state index contributed by atoms with van der Waals surface area (Å²) in [6.07, 6.45) is 5.60. The fraction of sp³-hybridized carbons (Fsp3) is 0.214. The van der Waals surface area contributed by atoms with E-state index in [1.165, 1.54) is 0 Å². The number of benzene rings is 1. The molecule has 0 aliphatic carbocycles. The van der Waals surface area contributed by atoms with Crippen LogP contribution in [0.25, 0.3) is 11.4 Å². The lowest BCUT2D eigenvalue weighted by atomic mass is 10.1. The van der Waals surface area contributed by atoms with Crippen molar-refractivity contribution in [3.8, 4) is 11.4 Å². The molecular weight excluding hydrogens is 248 g/mol. The Morgan fingerprint density at radius 1 is 1.22 bits per heavy atom. The summed E-state index contributed by atoms with van der Waals surface area (Å²) in [4.78, 5) is 19.9. The number of aromatic nitrogens is 2. The Morgan fingerprint density at radius 3 is 2.50 bits per heavy atom. The van der Waals surface area contributed by atoms with E-state index in [0.717, 1.165) is 18.4 Å². The summed E-state index contributed by atoms with van der Waals surface area (Å²) in [7, 11) is 0. The molecule has 1 aromatic heterocycles. The molecule has 0 aliphatic rings. The normalized spacial score (nSPS) is 10.3. The fourth-order valence-corrected chi connectivity index (χ4v) is 1.93. The summed E-state index contributed by atoms with van der Waals surface area (Å²) in [6.45, 7) is 2.11. The molecule has 0 saturated heterocycles. The van der Waals surface area contributed by atoms with E-state index < -0.39 is 5.24 Å². The van der Waals surface area contributed by atoms with Crippen molar-refractivity contribution in [1.29, 1.82) is 0 Å². The minimum atomic E-state index is -0.494. The highest BCUT2D eigenvalue weighted by Crippen LogP contribution is 2.21. The molecule has 0 aliphatic heterocycles. The number of carbonyl (C=O) groups is 1. The third kappa shape index (κ3) is 2.74. The van der Waals surface area contributed by atoms with E-state index in [4.69, 9.17) is 11.6 Å². The van der Waals surface area contributed by atoms with Crippen LogP contribution in [0, 0.1) is 0 Å². The van der Waals surface area contributed by atoms with Gasteiger partial charge in [-0.05, 0) is 29.7 Å². The van der Waals surface area contributed by atoms with Crippen LogP contribution in [-0.4, -0.2) is 15.2 Å². The molecule has 0 unspecified atom stereocenters. The van der Waals surface area contributed by atoms with Gasteiger partial charge in [0.25, 0.3) is 5.24 Å². The zero-order chi connectivity index (χ0) is 13.0. The highest BCUT2D eigenvalue weighted by Gasteiger charge is 2.11. The zero-order valence-corrected chi connectivity index (χ0v) is 10.8. The molecule has 0 saturated carbocycles. The molecule has 92 valence electrons. The lowest BCUT2D eigenvalue weighted by Gasteiger charge is -2.05. The van der Waals surface area contributed by atoms with Crippen LogP contribution in [0.1, 0.15) is 29.3 Å². The van der Waals surface area contributed by atoms with Crippen LogP contribution in [0.3, 0.4) is 0 Å². The predicted octanol–water partition coefficient (Wildman–Crippen LogP) is 3.48. The van der Waals surface area contributed by atoms with Gasteiger partial charge in [-0.1, -0.05) is 31.5 Å². The smallest absolute Gasteiger partial charge is 0.253 e. The number of hydrogen-bond acceptors (Lipinski definition) is 3. The summed E-state index contributed by atoms with van der Waals surface area (Å²) in [5.41, 5.74) is 2.19. The van der Waals surface area contributed by atoms with Crippen molar-refractivity contribution in [2.45, 2.75) is 19.8 Å². The number of hydrogen-bond donors (Lipinski definition) is 0. The first-order valence-electron chi connectivity index (χ1n) is 5.82. The van der Waals surface area contributed by atoms with Gasteiger partial charge in [0, 0.05) is 23.5 Å². The van der Waals surface area contributed by atoms with Gasteiger partial charge in [-0.3, -0.25) is 4.79 Å². The van der Waals surface area contributed by atoms with E-state index in [0.29, 0.717) is 17.0 Å². The molecule has 1 heterocycles. The van der Waals surface area contributed by atoms with Gasteiger partial charge in [0.1, 0.15) is 0 Å². The number of halogens is 1. The van der Waals surface area contributed by atoms with Crippen LogP contribution in [0.5, 0.6) is 0 Å². The van der Waals surface area contributed by atoms with Crippen LogP contribution in [-0.2, 0) is 6.42 Å². The average molecular weight is 261 g/mol. The van der Waals surface area contributed by atoms with Crippen molar-refractivity contribution < 1.29 is 4.79 Å². The minimum Gasteiger partial charge on any atom is -0.276 e. The number of rotatable bonds is 4. The first kappa shape index (κ1) is 12.7. The van der Waals surface area contributed by atoms with Gasteiger partial charge in [-0.25, -0.2) is 9.97 Å². The van der Waals surface area contributed by atoms with Crippen molar-refractivity contribution in [2.24, 2.45) is 0 Å². The molecule has 0 atom stereocenters. The van der Waals surface area contributed by atoms with Gasteiger partial charge < -0.3 is 0 Å². The molecule has 1 aromatic carbocycles. The Labute approximate surface area is 111 Å². The monoisotopic (exact) mass is 260 g/mol. The van der Waals surface area contributed by atoms with Crippen LogP contribution < -0.4 is 0 Å². The number of aryl methyl sites for hydroxylation is 1. The Morgan fingerprint density at radius 2 is 1.89 bits per heavy atom. The van der Waals surface area contributed by atoms with Crippen LogP contribution in [0.4, 0.5) is 0 Å². The maximum absolute atomic E-state index is 11.3. The van der Waals surface area contributed by atoms with E-state index in [1.54, 1.807) is 30.6 Å². The Bertz CT molecular complexity index is 552. The highest BCUT2D eigenvalue weighted by molar-refractivity contribution is 6.68. The molecule has 0 bridgehead atoms. The lowest BCUT2D eigenvalue weighted by Crippen LogP contribution is -1.98. The summed E-state index contributed by atoms with van der Waals surface area (Å²) in [5, 5.41) is -0.494. The van der Waals surface area contributed by atoms with Crippen LogP contribution in [0.2, 0.25) is 0 Å². The van der Waals surface area contributed by atoms with Crippen LogP contribution >= 0.6 is 11.6 Å². The average Bonchev–Trinajstić information content (AvgIpc) is 2.40. The maximum atomic E-state index is 11.3. The van der Waals surface area contributed by atoms with Gasteiger partial charge >= 0.3 is 0 Å². The Kier molecular flexibility index (Phi) is 4.05. The Balaban J connectivity index is 2.39. The van der Waals surface area contributed by atoms with E-state index in [9.17, 15) is 4.79 Å². The molecule has 0 N–H and O–H groups in total. The molecule has 18 heavy (non-hydrogen) atoms. The predicted molar refractivity (Wildman–Crippen MR) is 71.6 cm³/mol. The first-order chi connectivity index (χ1) is 8.72. The second-order valence-corrected chi connectivity index (χ2v) is 4.33. The third-order valence-electron chi connectivity index (χ3n) is 2.62. The Hall–Kier alpha value is -1.74. The summed E-state index contributed by atoms with van der Waals surface area (Å²) < 4.78 is 0. The topological polar surface area (TPSA) is 42.9 Å². The van der Waals surface area contributed by atoms with Crippen molar-refractivity contribution >= 4 is 16.8 Å². The second-order valence-electron chi connectivity index (χ2n) is 3.98. The second kappa shape index (κ2) is 5.74. The minimum absolute atomic E-state index is 0.433. The molecule has 0 spiro atoms. The fourth-order valence-electron chi connectivity index (χ4n) is 1.76. The third-order valence-corrected chi connectivity index (χ3v) is 2.83. The zero-order valence-electron chi connectivity index (χ0n) is 10.1. The van der Waals surface area contributed by atoms with Gasteiger partial charge in [0.05, 0.1) is 0 Å². The van der Waals surface area contributed by atoms with Crippen molar-refractivity contribution in [3.63, 3.8) is 0 Å². The van der Waals surface area contributed by atoms with Gasteiger partial charge in [0.15, 0.2) is 5.82 Å². The first-order valence-corrected chi connectivity index (χ1v) is 6.20. The summed E-state index contributed by atoms with van der Waals surface area (Å²) in [5.74, 6) is 0.527. The van der Waals surface area contributed by atoms with Crippen LogP contribution in [0.15, 0.2) is 36.7 Å². The summed E-state index contributed by atoms with van der Waals surface area (Å²) in [6, 6.07) is 7.07. The largest absolute Gasteiger partial charge is 0.276 e. The molecular formula is C14H13ClN2O. The SMILES string of the molecule is CCCc1cnc(-c2ccccc2C(=O)Cl)nc1. The molecule has 2 aromatic rings. The van der Waals surface area contributed by atoms with Gasteiger partial charge in [-0.15, -0.1) is 0 Å². The molecule has 4 heteroatoms. The van der Waals surface area contributed by atoms with E-state index in [2.05, 4.69) is 16.9 Å². The highest BCUT2D eigenvalue weighted by atomic mass is 35.5. The van der Waals surface area contributed by atoms with E-state index >= 15 is 0 Å². The van der Waals surface area contributed by atoms with E-state index in [1.807, 2.05) is 6.07 Å². The lowest BCUT2D eigenvalue weighted by molar-refractivity contribution is 0.108. The number of nitrogens with zero attached hydrogens (tertiary/aromatic N) is 2. The van der Waals surface area contributed by atoms with E-state index in [-0.39, 0.29) is 0 Å². The van der Waals surface area contributed by atoms with Crippen molar-refractivity contribution in [1.82, 2.24) is 9.97 Å². The molecule has 0 amide bonds. The molecule has 2 rings (SSSR count). The molecule has 0 fully saturated rings. The molecule has 0 radical (unpaired) electrons. The van der Waals surface area contributed by atoms with Gasteiger partial charge in [-0.2, -0.15) is 0 Å².